The molecule has 14 heavy (non-hydrogen) atoms. The molecule has 1 atom stereocenters. The Kier molecular flexibility index (Phi) is 4.58. The van der Waals surface area contributed by atoms with Gasteiger partial charge in [0.25, 0.3) is 0 Å². The van der Waals surface area contributed by atoms with Crippen LogP contribution in [-0.4, -0.2) is 13.1 Å². The SMILES string of the molecule is CCNC(CN)c1ccc(Br)c(C)c1. The van der Waals surface area contributed by atoms with Gasteiger partial charge in [0.15, 0.2) is 0 Å². The summed E-state index contributed by atoms with van der Waals surface area (Å²) in [6.07, 6.45) is 0. The van der Waals surface area contributed by atoms with E-state index in [-0.39, 0.29) is 6.04 Å². The second-order valence-corrected chi connectivity index (χ2v) is 4.21. The van der Waals surface area contributed by atoms with Crippen molar-refractivity contribution in [1.82, 2.24) is 5.32 Å². The summed E-state index contributed by atoms with van der Waals surface area (Å²) >= 11 is 3.49. The predicted molar refractivity (Wildman–Crippen MR) is 64.4 cm³/mol. The van der Waals surface area contributed by atoms with E-state index in [0.29, 0.717) is 6.54 Å². The molecule has 1 rings (SSSR count). The van der Waals surface area contributed by atoms with Gasteiger partial charge in [-0.2, -0.15) is 0 Å². The fraction of sp³-hybridized carbons (Fsp3) is 0.455. The van der Waals surface area contributed by atoms with Crippen LogP contribution in [0.15, 0.2) is 22.7 Å². The lowest BCUT2D eigenvalue weighted by Crippen LogP contribution is -2.27. The number of benzene rings is 1. The molecule has 0 aliphatic rings. The third-order valence-corrected chi connectivity index (χ3v) is 3.16. The summed E-state index contributed by atoms with van der Waals surface area (Å²) in [5, 5.41) is 3.35. The Labute approximate surface area is 94.0 Å². The molecule has 3 N–H and O–H groups in total. The summed E-state index contributed by atoms with van der Waals surface area (Å²) in [6, 6.07) is 6.62. The summed E-state index contributed by atoms with van der Waals surface area (Å²) in [5.41, 5.74) is 8.21. The first kappa shape index (κ1) is 11.7. The third-order valence-electron chi connectivity index (χ3n) is 2.27. The Morgan fingerprint density at radius 1 is 1.50 bits per heavy atom. The van der Waals surface area contributed by atoms with Gasteiger partial charge >= 0.3 is 0 Å². The molecule has 0 fully saturated rings. The highest BCUT2D eigenvalue weighted by Gasteiger charge is 2.08. The van der Waals surface area contributed by atoms with Crippen LogP contribution < -0.4 is 11.1 Å². The van der Waals surface area contributed by atoms with Gasteiger partial charge in [-0.25, -0.2) is 0 Å². The van der Waals surface area contributed by atoms with E-state index in [9.17, 15) is 0 Å². The first-order chi connectivity index (χ1) is 6.69. The topological polar surface area (TPSA) is 38.0 Å². The van der Waals surface area contributed by atoms with Crippen molar-refractivity contribution in [3.63, 3.8) is 0 Å². The van der Waals surface area contributed by atoms with Crippen molar-refractivity contribution in [2.45, 2.75) is 19.9 Å². The Balaban J connectivity index is 2.88. The highest BCUT2D eigenvalue weighted by molar-refractivity contribution is 9.10. The molecule has 1 aromatic carbocycles. The van der Waals surface area contributed by atoms with E-state index in [1.165, 1.54) is 11.1 Å². The van der Waals surface area contributed by atoms with Crippen LogP contribution in [0.3, 0.4) is 0 Å². The minimum Gasteiger partial charge on any atom is -0.329 e. The van der Waals surface area contributed by atoms with E-state index in [4.69, 9.17) is 5.73 Å². The molecule has 0 spiro atoms. The molecule has 0 saturated carbocycles. The molecule has 0 aromatic heterocycles. The van der Waals surface area contributed by atoms with E-state index in [2.05, 4.69) is 53.3 Å². The van der Waals surface area contributed by atoms with Gasteiger partial charge in [-0.15, -0.1) is 0 Å². The minimum absolute atomic E-state index is 0.270. The van der Waals surface area contributed by atoms with Crippen LogP contribution in [-0.2, 0) is 0 Å². The first-order valence-electron chi connectivity index (χ1n) is 4.88. The van der Waals surface area contributed by atoms with Crippen molar-refractivity contribution in [3.05, 3.63) is 33.8 Å². The molecule has 0 aliphatic heterocycles. The Hall–Kier alpha value is -0.380. The average Bonchev–Trinajstić information content (AvgIpc) is 2.19. The highest BCUT2D eigenvalue weighted by atomic mass is 79.9. The van der Waals surface area contributed by atoms with E-state index < -0.39 is 0 Å². The number of nitrogens with two attached hydrogens (primary N) is 1. The van der Waals surface area contributed by atoms with E-state index in [1.54, 1.807) is 0 Å². The van der Waals surface area contributed by atoms with Gasteiger partial charge in [0.05, 0.1) is 0 Å². The molecule has 3 heteroatoms. The van der Waals surface area contributed by atoms with Crippen LogP contribution in [0.1, 0.15) is 24.1 Å². The van der Waals surface area contributed by atoms with Gasteiger partial charge in [0.2, 0.25) is 0 Å². The zero-order valence-corrected chi connectivity index (χ0v) is 10.3. The second-order valence-electron chi connectivity index (χ2n) is 3.35. The van der Waals surface area contributed by atoms with Crippen molar-refractivity contribution in [2.24, 2.45) is 5.73 Å². The van der Waals surface area contributed by atoms with Gasteiger partial charge in [0.1, 0.15) is 0 Å². The maximum absolute atomic E-state index is 5.70. The molecule has 78 valence electrons. The van der Waals surface area contributed by atoms with Crippen LogP contribution in [0.5, 0.6) is 0 Å². The third kappa shape index (κ3) is 2.80. The molecule has 1 unspecified atom stereocenters. The number of hydrogen-bond acceptors (Lipinski definition) is 2. The Morgan fingerprint density at radius 2 is 2.21 bits per heavy atom. The molecular weight excluding hydrogens is 240 g/mol. The fourth-order valence-electron chi connectivity index (χ4n) is 1.47. The van der Waals surface area contributed by atoms with Crippen molar-refractivity contribution < 1.29 is 0 Å². The van der Waals surface area contributed by atoms with Crippen molar-refractivity contribution in [1.29, 1.82) is 0 Å². The number of rotatable bonds is 4. The van der Waals surface area contributed by atoms with Gasteiger partial charge < -0.3 is 11.1 Å². The molecule has 0 heterocycles. The summed E-state index contributed by atoms with van der Waals surface area (Å²) in [4.78, 5) is 0. The maximum Gasteiger partial charge on any atom is 0.0444 e. The highest BCUT2D eigenvalue weighted by Crippen LogP contribution is 2.20. The van der Waals surface area contributed by atoms with E-state index >= 15 is 0 Å². The first-order valence-corrected chi connectivity index (χ1v) is 5.67. The fourth-order valence-corrected chi connectivity index (χ4v) is 1.71. The number of aryl methyl sites for hydroxylation is 1. The van der Waals surface area contributed by atoms with Gasteiger partial charge in [-0.1, -0.05) is 35.0 Å². The molecule has 1 aromatic rings. The summed E-state index contributed by atoms with van der Waals surface area (Å²) in [6.45, 7) is 5.76. The lowest BCUT2D eigenvalue weighted by atomic mass is 10.0. The molecule has 0 bridgehead atoms. The molecule has 0 radical (unpaired) electrons. The van der Waals surface area contributed by atoms with E-state index in [1.807, 2.05) is 0 Å². The largest absolute Gasteiger partial charge is 0.329 e. The van der Waals surface area contributed by atoms with Crippen LogP contribution in [0, 0.1) is 6.92 Å². The van der Waals surface area contributed by atoms with Crippen molar-refractivity contribution in [3.8, 4) is 0 Å². The van der Waals surface area contributed by atoms with Crippen LogP contribution >= 0.6 is 15.9 Å². The standard InChI is InChI=1S/C11H17BrN2/c1-3-14-11(7-13)9-4-5-10(12)8(2)6-9/h4-6,11,14H,3,7,13H2,1-2H3. The number of likely N-dealkylation sites (N-methyl/N-ethyl adjacent to an activating group) is 1. The van der Waals surface area contributed by atoms with E-state index in [0.717, 1.165) is 11.0 Å². The van der Waals surface area contributed by atoms with Gasteiger partial charge in [0, 0.05) is 17.1 Å². The van der Waals surface area contributed by atoms with Crippen molar-refractivity contribution in [2.75, 3.05) is 13.1 Å². The summed E-state index contributed by atoms with van der Waals surface area (Å²) in [5.74, 6) is 0. The second kappa shape index (κ2) is 5.49. The monoisotopic (exact) mass is 256 g/mol. The quantitative estimate of drug-likeness (QED) is 0.869. The maximum atomic E-state index is 5.70. The number of hydrogen-bond donors (Lipinski definition) is 2. The Bertz CT molecular complexity index is 299. The van der Waals surface area contributed by atoms with Crippen LogP contribution in [0.2, 0.25) is 0 Å². The van der Waals surface area contributed by atoms with Crippen LogP contribution in [0.4, 0.5) is 0 Å². The van der Waals surface area contributed by atoms with Crippen LogP contribution in [0.25, 0.3) is 0 Å². The van der Waals surface area contributed by atoms with Gasteiger partial charge in [-0.3, -0.25) is 0 Å². The number of halogens is 1. The predicted octanol–water partition coefficient (Wildman–Crippen LogP) is 2.37. The number of nitrogens with one attached hydrogen (secondary N) is 1. The zero-order valence-electron chi connectivity index (χ0n) is 8.68. The zero-order chi connectivity index (χ0) is 10.6. The average molecular weight is 257 g/mol. The molecule has 2 nitrogen and oxygen atoms in total. The normalized spacial score (nSPS) is 12.9. The van der Waals surface area contributed by atoms with Crippen molar-refractivity contribution >= 4 is 15.9 Å². The summed E-state index contributed by atoms with van der Waals surface area (Å²) in [7, 11) is 0. The smallest absolute Gasteiger partial charge is 0.0444 e. The Morgan fingerprint density at radius 3 is 2.71 bits per heavy atom. The lowest BCUT2D eigenvalue weighted by molar-refractivity contribution is 0.561. The molecule has 0 aliphatic carbocycles. The molecule has 0 amide bonds. The molecular formula is C11H17BrN2. The lowest BCUT2D eigenvalue weighted by Gasteiger charge is -2.16. The van der Waals surface area contributed by atoms with Gasteiger partial charge in [-0.05, 0) is 30.7 Å². The summed E-state index contributed by atoms with van der Waals surface area (Å²) < 4.78 is 1.15. The molecule has 0 saturated heterocycles. The minimum atomic E-state index is 0.270.